The van der Waals surface area contributed by atoms with Crippen LogP contribution in [-0.4, -0.2) is 37.5 Å². The summed E-state index contributed by atoms with van der Waals surface area (Å²) >= 11 is 1.56. The predicted octanol–water partition coefficient (Wildman–Crippen LogP) is 3.85. The van der Waals surface area contributed by atoms with Crippen molar-refractivity contribution in [1.29, 1.82) is 5.26 Å². The summed E-state index contributed by atoms with van der Waals surface area (Å²) in [7, 11) is 0. The molecular weight excluding hydrogens is 396 g/mol. The van der Waals surface area contributed by atoms with E-state index < -0.39 is 0 Å². The van der Waals surface area contributed by atoms with Crippen molar-refractivity contribution in [2.75, 3.05) is 0 Å². The highest BCUT2D eigenvalue weighted by Crippen LogP contribution is 2.34. The predicted molar refractivity (Wildman–Crippen MR) is 115 cm³/mol. The van der Waals surface area contributed by atoms with Crippen molar-refractivity contribution in [3.05, 3.63) is 42.0 Å². The third-order valence-corrected chi connectivity index (χ3v) is 6.95. The zero-order valence-corrected chi connectivity index (χ0v) is 17.3. The van der Waals surface area contributed by atoms with Crippen molar-refractivity contribution in [3.8, 4) is 22.5 Å². The van der Waals surface area contributed by atoms with Crippen molar-refractivity contribution < 1.29 is 4.74 Å². The molecule has 0 radical (unpaired) electrons. The van der Waals surface area contributed by atoms with Gasteiger partial charge in [-0.05, 0) is 44.7 Å². The lowest BCUT2D eigenvalue weighted by Gasteiger charge is -2.28. The average Bonchev–Trinajstić information content (AvgIpc) is 3.41. The number of hydrogen-bond donors (Lipinski definition) is 1. The van der Waals surface area contributed by atoms with E-state index in [2.05, 4.69) is 26.3 Å². The molecule has 2 atom stereocenters. The smallest absolute Gasteiger partial charge is 0.274 e. The van der Waals surface area contributed by atoms with Gasteiger partial charge in [-0.15, -0.1) is 0 Å². The van der Waals surface area contributed by atoms with E-state index in [9.17, 15) is 5.26 Å². The SMILES string of the molecule is Cc1cn2cc(-c3cc4sc(OC5CC6CCC(C5)N6)nc4cn3)cc(C#N)c2n1. The van der Waals surface area contributed by atoms with Crippen LogP contribution in [0.2, 0.25) is 0 Å². The summed E-state index contributed by atoms with van der Waals surface area (Å²) in [4.78, 5) is 13.7. The average molecular weight is 417 g/mol. The molecular formula is C22H20N6OS. The van der Waals surface area contributed by atoms with E-state index >= 15 is 0 Å². The molecule has 0 aliphatic carbocycles. The maximum atomic E-state index is 9.54. The van der Waals surface area contributed by atoms with Crippen molar-refractivity contribution in [2.45, 2.75) is 50.8 Å². The monoisotopic (exact) mass is 416 g/mol. The van der Waals surface area contributed by atoms with Crippen LogP contribution in [0.1, 0.15) is 36.9 Å². The maximum absolute atomic E-state index is 9.54. The standard InChI is InChI=1S/C22H20N6OS/c1-12-10-28-11-14(4-13(8-23)21(28)25-12)18-7-20-19(9-24-18)27-22(30-20)29-17-5-15-2-3-16(6-17)26-15/h4,7,9-11,15-17,26H,2-3,5-6H2,1H3. The Balaban J connectivity index is 1.32. The molecule has 0 amide bonds. The summed E-state index contributed by atoms with van der Waals surface area (Å²) in [5, 5.41) is 13.9. The van der Waals surface area contributed by atoms with Crippen LogP contribution in [0.4, 0.5) is 0 Å². The van der Waals surface area contributed by atoms with E-state index in [0.717, 1.165) is 40.0 Å². The van der Waals surface area contributed by atoms with Gasteiger partial charge >= 0.3 is 0 Å². The van der Waals surface area contributed by atoms with E-state index in [4.69, 9.17) is 4.74 Å². The van der Waals surface area contributed by atoms with Gasteiger partial charge in [-0.25, -0.2) is 9.97 Å². The lowest BCUT2D eigenvalue weighted by atomic mass is 10.0. The highest BCUT2D eigenvalue weighted by atomic mass is 32.1. The maximum Gasteiger partial charge on any atom is 0.274 e. The summed E-state index contributed by atoms with van der Waals surface area (Å²) in [5.41, 5.74) is 4.62. The summed E-state index contributed by atoms with van der Waals surface area (Å²) in [5.74, 6) is 0. The molecule has 2 saturated heterocycles. The van der Waals surface area contributed by atoms with Crippen molar-refractivity contribution >= 4 is 27.2 Å². The van der Waals surface area contributed by atoms with Crippen LogP contribution in [0, 0.1) is 18.3 Å². The molecule has 2 bridgehead atoms. The van der Waals surface area contributed by atoms with Crippen LogP contribution < -0.4 is 10.1 Å². The van der Waals surface area contributed by atoms with Gasteiger partial charge in [0, 0.05) is 30.0 Å². The molecule has 0 spiro atoms. The number of hydrogen-bond acceptors (Lipinski definition) is 7. The first-order chi connectivity index (χ1) is 14.6. The van der Waals surface area contributed by atoms with Gasteiger partial charge in [-0.1, -0.05) is 11.3 Å². The Morgan fingerprint density at radius 3 is 2.83 bits per heavy atom. The number of thiazole rings is 1. The number of nitriles is 1. The van der Waals surface area contributed by atoms with E-state index in [0.29, 0.717) is 28.5 Å². The number of fused-ring (bicyclic) bond motifs is 4. The Bertz CT molecular complexity index is 1310. The molecule has 4 aromatic rings. The second-order valence-electron chi connectivity index (χ2n) is 8.23. The van der Waals surface area contributed by atoms with Crippen LogP contribution in [0.3, 0.4) is 0 Å². The van der Waals surface area contributed by atoms with E-state index in [1.165, 1.54) is 12.8 Å². The molecule has 8 heteroatoms. The highest BCUT2D eigenvalue weighted by molar-refractivity contribution is 7.20. The molecule has 30 heavy (non-hydrogen) atoms. The number of nitrogens with one attached hydrogen (secondary N) is 1. The highest BCUT2D eigenvalue weighted by Gasteiger charge is 2.34. The second-order valence-corrected chi connectivity index (χ2v) is 9.23. The first kappa shape index (κ1) is 17.8. The molecule has 2 fully saturated rings. The lowest BCUT2D eigenvalue weighted by Crippen LogP contribution is -2.42. The number of aryl methyl sites for hydroxylation is 1. The first-order valence-electron chi connectivity index (χ1n) is 10.2. The molecule has 0 aromatic carbocycles. The summed E-state index contributed by atoms with van der Waals surface area (Å²) in [6.07, 6.45) is 10.5. The molecule has 2 unspecified atom stereocenters. The Hall–Kier alpha value is -3.02. The van der Waals surface area contributed by atoms with Crippen LogP contribution in [0.25, 0.3) is 27.1 Å². The molecule has 0 saturated carbocycles. The van der Waals surface area contributed by atoms with E-state index in [-0.39, 0.29) is 6.10 Å². The molecule has 1 N–H and O–H groups in total. The van der Waals surface area contributed by atoms with Crippen LogP contribution in [0.15, 0.2) is 30.7 Å². The number of piperidine rings is 1. The summed E-state index contributed by atoms with van der Waals surface area (Å²) < 4.78 is 9.17. The van der Waals surface area contributed by atoms with Gasteiger partial charge in [0.05, 0.1) is 27.8 Å². The normalized spacial score (nSPS) is 23.1. The Labute approximate surface area is 177 Å². The van der Waals surface area contributed by atoms with Crippen molar-refractivity contribution in [1.82, 2.24) is 24.7 Å². The molecule has 7 nitrogen and oxygen atoms in total. The number of aromatic nitrogens is 4. The minimum Gasteiger partial charge on any atom is -0.467 e. The Morgan fingerprint density at radius 2 is 2.03 bits per heavy atom. The number of pyridine rings is 2. The third kappa shape index (κ3) is 3.02. The molecule has 4 aromatic heterocycles. The minimum atomic E-state index is 0.238. The zero-order chi connectivity index (χ0) is 20.2. The van der Waals surface area contributed by atoms with Gasteiger partial charge in [0.2, 0.25) is 0 Å². The Kier molecular flexibility index (Phi) is 4.01. The third-order valence-electron chi connectivity index (χ3n) is 6.04. The number of rotatable bonds is 3. The van der Waals surface area contributed by atoms with E-state index in [1.54, 1.807) is 17.5 Å². The van der Waals surface area contributed by atoms with Gasteiger partial charge in [0.25, 0.3) is 5.19 Å². The number of ether oxygens (including phenoxy) is 1. The van der Waals surface area contributed by atoms with Crippen LogP contribution in [0.5, 0.6) is 5.19 Å². The van der Waals surface area contributed by atoms with Gasteiger partial charge in [-0.2, -0.15) is 5.26 Å². The van der Waals surface area contributed by atoms with Crippen LogP contribution >= 0.6 is 11.3 Å². The molecule has 2 aliphatic rings. The number of imidazole rings is 1. The fourth-order valence-electron chi connectivity index (χ4n) is 4.71. The quantitative estimate of drug-likeness (QED) is 0.546. The minimum absolute atomic E-state index is 0.238. The van der Waals surface area contributed by atoms with Gasteiger partial charge in [0.1, 0.15) is 17.7 Å². The number of nitrogens with zero attached hydrogens (tertiary/aromatic N) is 5. The van der Waals surface area contributed by atoms with E-state index in [1.807, 2.05) is 35.9 Å². The largest absolute Gasteiger partial charge is 0.467 e. The lowest BCUT2D eigenvalue weighted by molar-refractivity contribution is 0.137. The molecule has 6 rings (SSSR count). The van der Waals surface area contributed by atoms with Gasteiger partial charge in [-0.3, -0.25) is 4.98 Å². The van der Waals surface area contributed by atoms with Crippen molar-refractivity contribution in [3.63, 3.8) is 0 Å². The molecule has 6 heterocycles. The van der Waals surface area contributed by atoms with Crippen LogP contribution in [-0.2, 0) is 0 Å². The summed E-state index contributed by atoms with van der Waals surface area (Å²) in [6.45, 7) is 1.92. The zero-order valence-electron chi connectivity index (χ0n) is 16.5. The topological polar surface area (TPSA) is 88.1 Å². The molecule has 150 valence electrons. The van der Waals surface area contributed by atoms with Gasteiger partial charge in [0.15, 0.2) is 5.65 Å². The fraction of sp³-hybridized carbons (Fsp3) is 0.364. The molecule has 2 aliphatic heterocycles. The van der Waals surface area contributed by atoms with Crippen molar-refractivity contribution in [2.24, 2.45) is 0 Å². The van der Waals surface area contributed by atoms with Gasteiger partial charge < -0.3 is 14.5 Å². The first-order valence-corrected chi connectivity index (χ1v) is 11.1. The second kappa shape index (κ2) is 6.76. The Morgan fingerprint density at radius 1 is 1.20 bits per heavy atom. The fourth-order valence-corrected chi connectivity index (χ4v) is 5.60. The summed E-state index contributed by atoms with van der Waals surface area (Å²) in [6, 6.07) is 7.30.